The Balaban J connectivity index is 2.08. The average Bonchev–Trinajstić information content (AvgIpc) is 2.46. The third kappa shape index (κ3) is 3.55. The lowest BCUT2D eigenvalue weighted by Crippen LogP contribution is -2.41. The molecule has 0 unspecified atom stereocenters. The molecule has 22 heavy (non-hydrogen) atoms. The lowest BCUT2D eigenvalue weighted by Gasteiger charge is -2.45. The minimum absolute atomic E-state index is 0.0878. The van der Waals surface area contributed by atoms with Gasteiger partial charge in [-0.2, -0.15) is 0 Å². The van der Waals surface area contributed by atoms with Crippen LogP contribution in [0.4, 0.5) is 0 Å². The molecule has 0 amide bonds. The summed E-state index contributed by atoms with van der Waals surface area (Å²) >= 11 is 0. The van der Waals surface area contributed by atoms with Crippen LogP contribution in [-0.4, -0.2) is 23.4 Å². The van der Waals surface area contributed by atoms with Crippen LogP contribution < -0.4 is 0 Å². The zero-order valence-electron chi connectivity index (χ0n) is 14.7. The Kier molecular flexibility index (Phi) is 5.03. The number of allylic oxidation sites excluding steroid dienone is 2. The summed E-state index contributed by atoms with van der Waals surface area (Å²) < 4.78 is 5.92. The van der Waals surface area contributed by atoms with Crippen molar-refractivity contribution in [2.75, 3.05) is 6.61 Å². The summed E-state index contributed by atoms with van der Waals surface area (Å²) in [7, 11) is 0. The Morgan fingerprint density at radius 2 is 2.18 bits per heavy atom. The topological polar surface area (TPSA) is 29.5 Å². The number of ether oxygens (including phenoxy) is 1. The second kappa shape index (κ2) is 6.33. The van der Waals surface area contributed by atoms with Crippen LogP contribution in [-0.2, 0) is 4.74 Å². The highest BCUT2D eigenvalue weighted by molar-refractivity contribution is 5.19. The summed E-state index contributed by atoms with van der Waals surface area (Å²) in [5.41, 5.74) is 2.08. The van der Waals surface area contributed by atoms with Gasteiger partial charge in [-0.1, -0.05) is 31.2 Å². The molecule has 2 nitrogen and oxygen atoms in total. The molecule has 4 atom stereocenters. The van der Waals surface area contributed by atoms with Crippen LogP contribution in [0.5, 0.6) is 0 Å². The van der Waals surface area contributed by atoms with Crippen molar-refractivity contribution in [2.24, 2.45) is 17.3 Å². The molecular formula is C20H32O2. The van der Waals surface area contributed by atoms with Gasteiger partial charge >= 0.3 is 0 Å². The molecule has 2 heteroatoms. The van der Waals surface area contributed by atoms with Gasteiger partial charge in [-0.15, -0.1) is 6.58 Å². The van der Waals surface area contributed by atoms with E-state index in [0.29, 0.717) is 18.4 Å². The van der Waals surface area contributed by atoms with E-state index in [9.17, 15) is 5.11 Å². The van der Waals surface area contributed by atoms with E-state index < -0.39 is 5.60 Å². The van der Waals surface area contributed by atoms with Crippen molar-refractivity contribution >= 4 is 0 Å². The lowest BCUT2D eigenvalue weighted by molar-refractivity contribution is -0.0872. The molecule has 0 aromatic heterocycles. The van der Waals surface area contributed by atoms with Gasteiger partial charge in [0, 0.05) is 0 Å². The molecule has 0 aromatic carbocycles. The zero-order valence-corrected chi connectivity index (χ0v) is 14.7. The quantitative estimate of drug-likeness (QED) is 0.766. The molecule has 0 spiro atoms. The van der Waals surface area contributed by atoms with E-state index in [2.05, 4.69) is 39.2 Å². The van der Waals surface area contributed by atoms with Crippen LogP contribution in [0.3, 0.4) is 0 Å². The molecule has 0 aromatic rings. The minimum Gasteiger partial charge on any atom is -0.388 e. The van der Waals surface area contributed by atoms with Crippen molar-refractivity contribution in [3.8, 4) is 0 Å². The largest absolute Gasteiger partial charge is 0.388 e. The number of hydrogen-bond acceptors (Lipinski definition) is 2. The van der Waals surface area contributed by atoms with E-state index >= 15 is 0 Å². The van der Waals surface area contributed by atoms with Gasteiger partial charge in [-0.05, 0) is 69.3 Å². The Morgan fingerprint density at radius 1 is 1.50 bits per heavy atom. The van der Waals surface area contributed by atoms with Crippen molar-refractivity contribution < 1.29 is 9.84 Å². The van der Waals surface area contributed by atoms with Crippen molar-refractivity contribution in [1.29, 1.82) is 0 Å². The Hall–Kier alpha value is -0.860. The molecule has 0 radical (unpaired) electrons. The van der Waals surface area contributed by atoms with Crippen LogP contribution in [0.15, 0.2) is 36.5 Å². The second-order valence-corrected chi connectivity index (χ2v) is 8.05. The van der Waals surface area contributed by atoms with Crippen molar-refractivity contribution in [1.82, 2.24) is 0 Å². The molecular weight excluding hydrogens is 272 g/mol. The van der Waals surface area contributed by atoms with E-state index in [1.165, 1.54) is 17.6 Å². The van der Waals surface area contributed by atoms with E-state index in [1.807, 2.05) is 13.8 Å². The fraction of sp³-hybridized carbons (Fsp3) is 0.700. The molecule has 124 valence electrons. The fourth-order valence-corrected chi connectivity index (χ4v) is 4.04. The van der Waals surface area contributed by atoms with Gasteiger partial charge in [0.1, 0.15) is 0 Å². The summed E-state index contributed by atoms with van der Waals surface area (Å²) in [5.74, 6) is 1.08. The fourth-order valence-electron chi connectivity index (χ4n) is 4.04. The third-order valence-electron chi connectivity index (χ3n) is 5.77. The first-order valence-corrected chi connectivity index (χ1v) is 8.49. The van der Waals surface area contributed by atoms with Gasteiger partial charge in [0.2, 0.25) is 0 Å². The Labute approximate surface area is 136 Å². The molecule has 0 saturated heterocycles. The summed E-state index contributed by atoms with van der Waals surface area (Å²) in [6.07, 6.45) is 8.64. The summed E-state index contributed by atoms with van der Waals surface area (Å²) in [5, 5.41) is 10.1. The van der Waals surface area contributed by atoms with E-state index in [-0.39, 0.29) is 11.5 Å². The van der Waals surface area contributed by atoms with Gasteiger partial charge < -0.3 is 9.84 Å². The van der Waals surface area contributed by atoms with E-state index in [1.54, 1.807) is 0 Å². The van der Waals surface area contributed by atoms with Crippen molar-refractivity contribution in [3.05, 3.63) is 36.5 Å². The molecule has 1 aliphatic carbocycles. The average molecular weight is 304 g/mol. The molecule has 1 saturated carbocycles. The van der Waals surface area contributed by atoms with Crippen molar-refractivity contribution in [3.63, 3.8) is 0 Å². The Morgan fingerprint density at radius 3 is 2.64 bits per heavy atom. The van der Waals surface area contributed by atoms with E-state index in [4.69, 9.17) is 4.74 Å². The molecule has 1 aliphatic heterocycles. The smallest absolute Gasteiger partial charge is 0.0895 e. The predicted octanol–water partition coefficient (Wildman–Crippen LogP) is 4.66. The first kappa shape index (κ1) is 17.5. The lowest BCUT2D eigenvalue weighted by atomic mass is 9.61. The maximum Gasteiger partial charge on any atom is 0.0895 e. The molecule has 2 aliphatic rings. The van der Waals surface area contributed by atoms with Crippen LogP contribution in [0.25, 0.3) is 0 Å². The zero-order chi connectivity index (χ0) is 16.5. The summed E-state index contributed by atoms with van der Waals surface area (Å²) in [6, 6.07) is 0. The maximum atomic E-state index is 10.1. The highest BCUT2D eigenvalue weighted by atomic mass is 16.5. The van der Waals surface area contributed by atoms with Crippen LogP contribution in [0, 0.1) is 17.3 Å². The van der Waals surface area contributed by atoms with Crippen molar-refractivity contribution in [2.45, 2.75) is 65.1 Å². The van der Waals surface area contributed by atoms with Gasteiger partial charge in [0.05, 0.1) is 18.3 Å². The van der Waals surface area contributed by atoms with Crippen LogP contribution in [0.1, 0.15) is 53.4 Å². The molecule has 1 fully saturated rings. The molecule has 2 rings (SSSR count). The normalized spacial score (nSPS) is 36.6. The van der Waals surface area contributed by atoms with Gasteiger partial charge in [-0.25, -0.2) is 0 Å². The molecule has 1 heterocycles. The third-order valence-corrected chi connectivity index (χ3v) is 5.77. The SMILES string of the molecule is C=C[C@@]1(C)CC[C@@H](C2=CC[C@H](C(C)(C)O)OC2)C[C@@H]1C(=C)C. The monoisotopic (exact) mass is 304 g/mol. The molecule has 0 bridgehead atoms. The first-order valence-electron chi connectivity index (χ1n) is 8.49. The van der Waals surface area contributed by atoms with Gasteiger partial charge in [0.15, 0.2) is 0 Å². The maximum absolute atomic E-state index is 10.1. The Bertz CT molecular complexity index is 469. The summed E-state index contributed by atoms with van der Waals surface area (Å²) in [4.78, 5) is 0. The molecule has 1 N–H and O–H groups in total. The highest BCUT2D eigenvalue weighted by Crippen LogP contribution is 2.49. The first-order chi connectivity index (χ1) is 10.2. The number of hydrogen-bond donors (Lipinski definition) is 1. The number of aliphatic hydroxyl groups is 1. The highest BCUT2D eigenvalue weighted by Gasteiger charge is 2.40. The van der Waals surface area contributed by atoms with Gasteiger partial charge in [-0.3, -0.25) is 0 Å². The predicted molar refractivity (Wildman–Crippen MR) is 92.7 cm³/mol. The second-order valence-electron chi connectivity index (χ2n) is 8.05. The minimum atomic E-state index is -0.768. The number of rotatable bonds is 4. The van der Waals surface area contributed by atoms with Crippen LogP contribution >= 0.6 is 0 Å². The van der Waals surface area contributed by atoms with Gasteiger partial charge in [0.25, 0.3) is 0 Å². The standard InChI is InChI=1S/C20H32O2/c1-7-20(6)11-10-15(12-17(20)14(2)3)16-8-9-18(22-13-16)19(4,5)21/h7-8,15,17-18,21H,1-2,9-13H2,3-6H3/t15-,17-,18-,20+/m1/s1. The summed E-state index contributed by atoms with van der Waals surface area (Å²) in [6.45, 7) is 17.0. The van der Waals surface area contributed by atoms with Crippen LogP contribution in [0.2, 0.25) is 0 Å². The van der Waals surface area contributed by atoms with E-state index in [0.717, 1.165) is 19.3 Å².